The third-order valence-electron chi connectivity index (χ3n) is 6.31. The molecule has 0 aliphatic rings. The first-order valence-corrected chi connectivity index (χ1v) is 13.2. The van der Waals surface area contributed by atoms with Crippen molar-refractivity contribution in [1.29, 1.82) is 0 Å². The fraction of sp³-hybridized carbons (Fsp3) is 0.207. The number of benzene rings is 3. The lowest BCUT2D eigenvalue weighted by Gasteiger charge is -2.20. The summed E-state index contributed by atoms with van der Waals surface area (Å²) >= 11 is 18.1. The Hall–Kier alpha value is -3.32. The summed E-state index contributed by atoms with van der Waals surface area (Å²) in [5.74, 6) is -1.09. The van der Waals surface area contributed by atoms with Gasteiger partial charge in [0.1, 0.15) is 6.04 Å². The van der Waals surface area contributed by atoms with Gasteiger partial charge in [-0.25, -0.2) is 5.43 Å². The van der Waals surface area contributed by atoms with Crippen LogP contribution in [0.15, 0.2) is 71.8 Å². The van der Waals surface area contributed by atoms with Crippen LogP contribution in [0.2, 0.25) is 15.1 Å². The summed E-state index contributed by atoms with van der Waals surface area (Å²) in [7, 11) is 0. The molecule has 0 spiro atoms. The summed E-state index contributed by atoms with van der Waals surface area (Å²) in [6.45, 7) is 6.36. The summed E-state index contributed by atoms with van der Waals surface area (Å²) in [5, 5.41) is 9.34. The minimum Gasteiger partial charge on any atom is -0.340 e. The number of para-hydroxylation sites is 1. The van der Waals surface area contributed by atoms with E-state index in [1.54, 1.807) is 12.3 Å². The summed E-state index contributed by atoms with van der Waals surface area (Å²) < 4.78 is 2.20. The van der Waals surface area contributed by atoms with Gasteiger partial charge in [0.15, 0.2) is 0 Å². The van der Waals surface area contributed by atoms with Gasteiger partial charge in [0.2, 0.25) is 0 Å². The Morgan fingerprint density at radius 2 is 1.66 bits per heavy atom. The number of aromatic nitrogens is 1. The largest absolute Gasteiger partial charge is 0.340 e. The number of hydrogen-bond donors (Lipinski definition) is 2. The summed E-state index contributed by atoms with van der Waals surface area (Å²) in [5.41, 5.74) is 6.90. The van der Waals surface area contributed by atoms with E-state index in [2.05, 4.69) is 26.5 Å². The zero-order valence-electron chi connectivity index (χ0n) is 21.1. The summed E-state index contributed by atoms with van der Waals surface area (Å²) in [6, 6.07) is 19.6. The fourth-order valence-electron chi connectivity index (χ4n) is 4.25. The Balaban J connectivity index is 1.53. The number of rotatable bonds is 8. The highest BCUT2D eigenvalue weighted by Crippen LogP contribution is 2.26. The van der Waals surface area contributed by atoms with Crippen LogP contribution >= 0.6 is 34.8 Å². The first-order valence-electron chi connectivity index (χ1n) is 12.1. The van der Waals surface area contributed by atoms with Crippen LogP contribution in [0, 0.1) is 12.8 Å². The second kappa shape index (κ2) is 12.0. The first-order chi connectivity index (χ1) is 18.2. The van der Waals surface area contributed by atoms with Gasteiger partial charge in [0.25, 0.3) is 11.8 Å². The zero-order valence-corrected chi connectivity index (χ0v) is 23.4. The van der Waals surface area contributed by atoms with Gasteiger partial charge in [-0.15, -0.1) is 0 Å². The number of hydrazone groups is 1. The molecule has 1 atom stereocenters. The van der Waals surface area contributed by atoms with Crippen molar-refractivity contribution in [2.75, 3.05) is 0 Å². The van der Waals surface area contributed by atoms with Crippen LogP contribution in [0.3, 0.4) is 0 Å². The summed E-state index contributed by atoms with van der Waals surface area (Å²) in [6.07, 6.45) is 1.64. The molecular weight excluding hydrogens is 543 g/mol. The summed E-state index contributed by atoms with van der Waals surface area (Å²) in [4.78, 5) is 25.8. The highest BCUT2D eigenvalue weighted by Gasteiger charge is 2.25. The van der Waals surface area contributed by atoms with Crippen molar-refractivity contribution >= 4 is 63.7 Å². The molecule has 9 heteroatoms. The quantitative estimate of drug-likeness (QED) is 0.180. The molecule has 0 saturated carbocycles. The number of nitrogens with zero attached hydrogens (tertiary/aromatic N) is 2. The first kappa shape index (κ1) is 27.7. The third-order valence-corrected chi connectivity index (χ3v) is 7.11. The highest BCUT2D eigenvalue weighted by atomic mass is 35.5. The van der Waals surface area contributed by atoms with Gasteiger partial charge in [-0.1, -0.05) is 79.0 Å². The van der Waals surface area contributed by atoms with Crippen LogP contribution in [0.4, 0.5) is 0 Å². The maximum Gasteiger partial charge on any atom is 0.262 e. The van der Waals surface area contributed by atoms with E-state index in [-0.39, 0.29) is 16.5 Å². The molecular formula is C29H27Cl3N4O2. The molecule has 0 aliphatic heterocycles. The molecule has 2 N–H and O–H groups in total. The van der Waals surface area contributed by atoms with Crippen molar-refractivity contribution in [3.05, 3.63) is 104 Å². The van der Waals surface area contributed by atoms with E-state index >= 15 is 0 Å². The van der Waals surface area contributed by atoms with Gasteiger partial charge in [-0.05, 0) is 54.8 Å². The van der Waals surface area contributed by atoms with Gasteiger partial charge in [0, 0.05) is 38.8 Å². The lowest BCUT2D eigenvalue weighted by molar-refractivity contribution is -0.123. The van der Waals surface area contributed by atoms with Gasteiger partial charge < -0.3 is 9.88 Å². The van der Waals surface area contributed by atoms with E-state index in [4.69, 9.17) is 34.8 Å². The SMILES string of the molecule is Cc1c(C=NNC(=O)C(NC(=O)c2ccc(Cl)cc2Cl)C(C)C)c2ccccc2n1Cc1ccc(Cl)cc1. The predicted octanol–water partition coefficient (Wildman–Crippen LogP) is 6.86. The van der Waals surface area contributed by atoms with E-state index < -0.39 is 17.9 Å². The van der Waals surface area contributed by atoms with Crippen LogP contribution in [0.5, 0.6) is 0 Å². The molecule has 6 nitrogen and oxygen atoms in total. The van der Waals surface area contributed by atoms with E-state index in [1.807, 2.05) is 63.2 Å². The number of hydrogen-bond acceptors (Lipinski definition) is 3. The molecule has 1 heterocycles. The Morgan fingerprint density at radius 1 is 0.974 bits per heavy atom. The topological polar surface area (TPSA) is 75.5 Å². The van der Waals surface area contributed by atoms with Gasteiger partial charge >= 0.3 is 0 Å². The standard InChI is InChI=1S/C29H27Cl3N4O2/c1-17(2)27(34-28(37)23-13-12-21(31)14-25(23)32)29(38)35-33-15-24-18(3)36(26-7-5-4-6-22(24)26)16-19-8-10-20(30)11-9-19/h4-15,17,27H,16H2,1-3H3,(H,34,37)(H,35,38). The molecule has 0 bridgehead atoms. The van der Waals surface area contributed by atoms with Gasteiger partial charge in [-0.3, -0.25) is 9.59 Å². The Morgan fingerprint density at radius 3 is 2.34 bits per heavy atom. The molecule has 0 saturated heterocycles. The lowest BCUT2D eigenvalue weighted by Crippen LogP contribution is -2.48. The lowest BCUT2D eigenvalue weighted by atomic mass is 10.0. The molecule has 196 valence electrons. The van der Waals surface area contributed by atoms with Crippen LogP contribution < -0.4 is 10.7 Å². The molecule has 4 rings (SSSR count). The molecule has 0 fully saturated rings. The molecule has 1 aromatic heterocycles. The number of halogens is 3. The molecule has 38 heavy (non-hydrogen) atoms. The van der Waals surface area contributed by atoms with Gasteiger partial charge in [0.05, 0.1) is 16.8 Å². The fourth-order valence-corrected chi connectivity index (χ4v) is 4.87. The minimum atomic E-state index is -0.821. The minimum absolute atomic E-state index is 0.191. The van der Waals surface area contributed by atoms with E-state index in [9.17, 15) is 9.59 Å². The second-order valence-electron chi connectivity index (χ2n) is 9.28. The Bertz CT molecular complexity index is 1510. The zero-order chi connectivity index (χ0) is 27.4. The highest BCUT2D eigenvalue weighted by molar-refractivity contribution is 6.36. The van der Waals surface area contributed by atoms with Crippen LogP contribution in [0.25, 0.3) is 10.9 Å². The normalized spacial score (nSPS) is 12.3. The van der Waals surface area contributed by atoms with E-state index in [0.29, 0.717) is 16.6 Å². The van der Waals surface area contributed by atoms with Crippen molar-refractivity contribution in [2.24, 2.45) is 11.0 Å². The third kappa shape index (κ3) is 6.21. The Kier molecular flexibility index (Phi) is 8.77. The number of carbonyl (C=O) groups is 2. The molecule has 1 unspecified atom stereocenters. The second-order valence-corrected chi connectivity index (χ2v) is 10.6. The van der Waals surface area contributed by atoms with E-state index in [0.717, 1.165) is 27.7 Å². The van der Waals surface area contributed by atoms with Crippen molar-refractivity contribution in [2.45, 2.75) is 33.4 Å². The maximum absolute atomic E-state index is 13.0. The molecule has 4 aromatic rings. The number of nitrogens with one attached hydrogen (secondary N) is 2. The number of carbonyl (C=O) groups excluding carboxylic acids is 2. The maximum atomic E-state index is 13.0. The molecule has 0 radical (unpaired) electrons. The number of fused-ring (bicyclic) bond motifs is 1. The number of amides is 2. The molecule has 2 amide bonds. The molecule has 3 aromatic carbocycles. The van der Waals surface area contributed by atoms with Crippen LogP contribution in [-0.2, 0) is 11.3 Å². The average Bonchev–Trinajstić information content (AvgIpc) is 3.14. The van der Waals surface area contributed by atoms with Crippen molar-refractivity contribution in [1.82, 2.24) is 15.3 Å². The Labute approximate surface area is 236 Å². The van der Waals surface area contributed by atoms with Crippen molar-refractivity contribution < 1.29 is 9.59 Å². The van der Waals surface area contributed by atoms with Crippen molar-refractivity contribution in [3.8, 4) is 0 Å². The van der Waals surface area contributed by atoms with Gasteiger partial charge in [-0.2, -0.15) is 5.10 Å². The van der Waals surface area contributed by atoms with Crippen LogP contribution in [0.1, 0.15) is 41.0 Å². The monoisotopic (exact) mass is 568 g/mol. The van der Waals surface area contributed by atoms with Crippen LogP contribution in [-0.4, -0.2) is 28.6 Å². The van der Waals surface area contributed by atoms with E-state index in [1.165, 1.54) is 12.1 Å². The molecule has 0 aliphatic carbocycles. The smallest absolute Gasteiger partial charge is 0.262 e. The average molecular weight is 570 g/mol. The predicted molar refractivity (Wildman–Crippen MR) is 156 cm³/mol. The van der Waals surface area contributed by atoms with Crippen molar-refractivity contribution in [3.63, 3.8) is 0 Å².